The van der Waals surface area contributed by atoms with Gasteiger partial charge in [0.2, 0.25) is 5.88 Å². The summed E-state index contributed by atoms with van der Waals surface area (Å²) in [6.45, 7) is 3.10. The van der Waals surface area contributed by atoms with Crippen molar-refractivity contribution in [2.45, 2.75) is 25.3 Å². The van der Waals surface area contributed by atoms with E-state index in [9.17, 15) is 9.90 Å². The molecule has 7 nitrogen and oxygen atoms in total. The van der Waals surface area contributed by atoms with Crippen LogP contribution < -0.4 is 10.1 Å². The zero-order valence-electron chi connectivity index (χ0n) is 10.8. The van der Waals surface area contributed by atoms with Gasteiger partial charge in [-0.05, 0) is 6.42 Å². The lowest BCUT2D eigenvalue weighted by atomic mass is 9.99. The van der Waals surface area contributed by atoms with Gasteiger partial charge in [-0.1, -0.05) is 6.92 Å². The summed E-state index contributed by atoms with van der Waals surface area (Å²) in [5.41, 5.74) is -1.11. The molecule has 0 aliphatic carbocycles. The minimum Gasteiger partial charge on any atom is -0.479 e. The number of rotatable bonds is 6. The van der Waals surface area contributed by atoms with Crippen LogP contribution in [0.5, 0.6) is 5.88 Å². The Morgan fingerprint density at radius 2 is 2.47 bits per heavy atom. The van der Waals surface area contributed by atoms with E-state index < -0.39 is 11.5 Å². The van der Waals surface area contributed by atoms with Crippen molar-refractivity contribution in [1.82, 2.24) is 9.97 Å². The van der Waals surface area contributed by atoms with Crippen LogP contribution in [-0.2, 0) is 9.53 Å². The van der Waals surface area contributed by atoms with E-state index in [2.05, 4.69) is 15.3 Å². The maximum Gasteiger partial charge on any atom is 0.331 e. The monoisotopic (exact) mass is 267 g/mol. The Balaban J connectivity index is 2.11. The first-order valence-electron chi connectivity index (χ1n) is 6.20. The summed E-state index contributed by atoms with van der Waals surface area (Å²) in [6, 6.07) is 1.60. The Kier molecular flexibility index (Phi) is 4.16. The fraction of sp³-hybridized carbons (Fsp3) is 0.583. The van der Waals surface area contributed by atoms with E-state index in [0.717, 1.165) is 6.42 Å². The van der Waals surface area contributed by atoms with Crippen LogP contribution in [0.3, 0.4) is 0 Å². The van der Waals surface area contributed by atoms with Crippen LogP contribution in [0.25, 0.3) is 0 Å². The number of aromatic nitrogens is 2. The van der Waals surface area contributed by atoms with Crippen molar-refractivity contribution in [2.75, 3.05) is 25.1 Å². The molecular weight excluding hydrogens is 250 g/mol. The van der Waals surface area contributed by atoms with E-state index >= 15 is 0 Å². The molecule has 1 aromatic rings. The van der Waals surface area contributed by atoms with Crippen LogP contribution >= 0.6 is 0 Å². The molecule has 1 fully saturated rings. The zero-order chi connectivity index (χ0) is 13.7. The number of nitrogens with one attached hydrogen (secondary N) is 1. The number of carboxylic acid groups (broad SMARTS) is 1. The second-order valence-corrected chi connectivity index (χ2v) is 4.40. The van der Waals surface area contributed by atoms with E-state index in [4.69, 9.17) is 9.47 Å². The summed E-state index contributed by atoms with van der Waals surface area (Å²) in [5.74, 6) is -0.0903. The number of nitrogens with zero attached hydrogens (tertiary/aromatic N) is 2. The Hall–Kier alpha value is -1.89. The molecule has 0 radical (unpaired) electrons. The van der Waals surface area contributed by atoms with Gasteiger partial charge in [0.15, 0.2) is 5.54 Å². The lowest BCUT2D eigenvalue weighted by molar-refractivity contribution is -0.142. The third-order valence-corrected chi connectivity index (χ3v) is 2.89. The molecule has 1 atom stereocenters. The molecule has 2 N–H and O–H groups in total. The van der Waals surface area contributed by atoms with E-state index in [-0.39, 0.29) is 6.61 Å². The fourth-order valence-electron chi connectivity index (χ4n) is 1.82. The number of carbonyl (C=O) groups is 1. The lowest BCUT2D eigenvalue weighted by Gasteiger charge is -2.24. The minimum atomic E-state index is -1.11. The van der Waals surface area contributed by atoms with Gasteiger partial charge in [-0.15, -0.1) is 0 Å². The summed E-state index contributed by atoms with van der Waals surface area (Å²) in [6.07, 6.45) is 2.62. The molecule has 0 aromatic carbocycles. The van der Waals surface area contributed by atoms with E-state index in [1.807, 2.05) is 6.92 Å². The van der Waals surface area contributed by atoms with Gasteiger partial charge in [0.1, 0.15) is 12.1 Å². The smallest absolute Gasteiger partial charge is 0.331 e. The normalized spacial score (nSPS) is 22.2. The summed E-state index contributed by atoms with van der Waals surface area (Å²) in [5, 5.41) is 12.2. The summed E-state index contributed by atoms with van der Waals surface area (Å²) in [7, 11) is 0. The van der Waals surface area contributed by atoms with Crippen molar-refractivity contribution in [3.63, 3.8) is 0 Å². The molecule has 1 unspecified atom stereocenters. The first kappa shape index (κ1) is 13.5. The van der Waals surface area contributed by atoms with Gasteiger partial charge in [0, 0.05) is 19.1 Å². The van der Waals surface area contributed by atoms with Gasteiger partial charge < -0.3 is 19.9 Å². The Bertz CT molecular complexity index is 446. The molecule has 19 heavy (non-hydrogen) atoms. The summed E-state index contributed by atoms with van der Waals surface area (Å²) in [4.78, 5) is 19.4. The second-order valence-electron chi connectivity index (χ2n) is 4.40. The van der Waals surface area contributed by atoms with Gasteiger partial charge in [0.05, 0.1) is 13.2 Å². The summed E-state index contributed by atoms with van der Waals surface area (Å²) < 4.78 is 10.6. The predicted octanol–water partition coefficient (Wildman–Crippen LogP) is 0.921. The Morgan fingerprint density at radius 3 is 3.11 bits per heavy atom. The molecule has 0 bridgehead atoms. The molecule has 1 aliphatic heterocycles. The first-order chi connectivity index (χ1) is 9.16. The largest absolute Gasteiger partial charge is 0.479 e. The average molecular weight is 267 g/mol. The van der Waals surface area contributed by atoms with Crippen LogP contribution in [0.2, 0.25) is 0 Å². The van der Waals surface area contributed by atoms with Gasteiger partial charge in [0.25, 0.3) is 0 Å². The van der Waals surface area contributed by atoms with E-state index in [1.165, 1.54) is 6.33 Å². The highest BCUT2D eigenvalue weighted by atomic mass is 16.5. The molecule has 0 saturated carbocycles. The first-order valence-corrected chi connectivity index (χ1v) is 6.20. The number of aliphatic carboxylic acids is 1. The number of hydrogen-bond donors (Lipinski definition) is 2. The number of ether oxygens (including phenoxy) is 2. The van der Waals surface area contributed by atoms with Crippen LogP contribution in [0.1, 0.15) is 19.8 Å². The molecule has 7 heteroatoms. The molecular formula is C12H17N3O4. The third-order valence-electron chi connectivity index (χ3n) is 2.89. The topological polar surface area (TPSA) is 93.6 Å². The maximum absolute atomic E-state index is 11.4. The summed E-state index contributed by atoms with van der Waals surface area (Å²) >= 11 is 0. The molecule has 2 rings (SSSR count). The van der Waals surface area contributed by atoms with E-state index in [0.29, 0.717) is 31.3 Å². The Labute approximate surface area is 111 Å². The van der Waals surface area contributed by atoms with Gasteiger partial charge in [-0.2, -0.15) is 0 Å². The van der Waals surface area contributed by atoms with Crippen LogP contribution in [0.4, 0.5) is 5.82 Å². The van der Waals surface area contributed by atoms with Crippen LogP contribution in [0.15, 0.2) is 12.4 Å². The van der Waals surface area contributed by atoms with Gasteiger partial charge in [-0.3, -0.25) is 0 Å². The number of anilines is 1. The van der Waals surface area contributed by atoms with Crippen LogP contribution in [0, 0.1) is 0 Å². The standard InChI is InChI=1S/C12H17N3O4/c1-2-4-19-10-6-9(13-8-14-10)15-12(11(16)17)3-5-18-7-12/h6,8H,2-5,7H2,1H3,(H,16,17)(H,13,14,15). The maximum atomic E-state index is 11.4. The van der Waals surface area contributed by atoms with Gasteiger partial charge in [-0.25, -0.2) is 14.8 Å². The highest BCUT2D eigenvalue weighted by molar-refractivity contribution is 5.83. The second kappa shape index (κ2) is 5.83. The Morgan fingerprint density at radius 1 is 1.63 bits per heavy atom. The van der Waals surface area contributed by atoms with Gasteiger partial charge >= 0.3 is 5.97 Å². The molecule has 104 valence electrons. The quantitative estimate of drug-likeness (QED) is 0.791. The SMILES string of the molecule is CCCOc1cc(NC2(C(=O)O)CCOC2)ncn1. The lowest BCUT2D eigenvalue weighted by Crippen LogP contribution is -2.47. The average Bonchev–Trinajstić information content (AvgIpc) is 2.87. The molecule has 1 aromatic heterocycles. The molecule has 0 spiro atoms. The molecule has 1 saturated heterocycles. The molecule has 0 amide bonds. The zero-order valence-corrected chi connectivity index (χ0v) is 10.8. The van der Waals surface area contributed by atoms with Crippen molar-refractivity contribution in [3.8, 4) is 5.88 Å². The molecule has 1 aliphatic rings. The molecule has 2 heterocycles. The highest BCUT2D eigenvalue weighted by Gasteiger charge is 2.43. The van der Waals surface area contributed by atoms with Crippen molar-refractivity contribution in [1.29, 1.82) is 0 Å². The van der Waals surface area contributed by atoms with E-state index in [1.54, 1.807) is 6.07 Å². The third kappa shape index (κ3) is 3.11. The van der Waals surface area contributed by atoms with Crippen molar-refractivity contribution in [2.24, 2.45) is 0 Å². The van der Waals surface area contributed by atoms with Crippen LogP contribution in [-0.4, -0.2) is 46.4 Å². The fourth-order valence-corrected chi connectivity index (χ4v) is 1.82. The van der Waals surface area contributed by atoms with Crippen molar-refractivity contribution >= 4 is 11.8 Å². The predicted molar refractivity (Wildman–Crippen MR) is 67.2 cm³/mol. The van der Waals surface area contributed by atoms with Crippen molar-refractivity contribution in [3.05, 3.63) is 12.4 Å². The van der Waals surface area contributed by atoms with Crippen molar-refractivity contribution < 1.29 is 19.4 Å². The minimum absolute atomic E-state index is 0.123. The highest BCUT2D eigenvalue weighted by Crippen LogP contribution is 2.24. The number of carboxylic acids is 1. The number of hydrogen-bond acceptors (Lipinski definition) is 6.